The molecule has 0 saturated heterocycles. The topological polar surface area (TPSA) is 24.1 Å². The first-order chi connectivity index (χ1) is 5.83. The lowest BCUT2D eigenvalue weighted by atomic mass is 9.68. The summed E-state index contributed by atoms with van der Waals surface area (Å²) in [5.41, 5.74) is 0.601. The van der Waals surface area contributed by atoms with Gasteiger partial charge in [0.05, 0.1) is 0 Å². The van der Waals surface area contributed by atoms with Crippen LogP contribution in [0.5, 0.6) is 0 Å². The van der Waals surface area contributed by atoms with E-state index in [2.05, 4.69) is 24.6 Å². The fourth-order valence-corrected chi connectivity index (χ4v) is 2.00. The van der Waals surface area contributed by atoms with Crippen LogP contribution in [0.25, 0.3) is 0 Å². The summed E-state index contributed by atoms with van der Waals surface area (Å²) >= 11 is 0. The van der Waals surface area contributed by atoms with Gasteiger partial charge in [-0.2, -0.15) is 0 Å². The van der Waals surface area contributed by atoms with Crippen molar-refractivity contribution in [2.75, 3.05) is 26.7 Å². The molecule has 12 heavy (non-hydrogen) atoms. The van der Waals surface area contributed by atoms with E-state index in [-0.39, 0.29) is 0 Å². The first-order valence-corrected chi connectivity index (χ1v) is 5.18. The first-order valence-electron chi connectivity index (χ1n) is 5.18. The average molecular weight is 170 g/mol. The maximum atomic E-state index is 3.52. The highest BCUT2D eigenvalue weighted by atomic mass is 14.9. The lowest BCUT2D eigenvalue weighted by molar-refractivity contribution is 0.131. The highest BCUT2D eigenvalue weighted by molar-refractivity contribution is 4.90. The third-order valence-corrected chi connectivity index (χ3v) is 2.89. The highest BCUT2D eigenvalue weighted by Crippen LogP contribution is 2.39. The summed E-state index contributed by atoms with van der Waals surface area (Å²) in [6.45, 7) is 5.79. The van der Waals surface area contributed by atoms with Crippen LogP contribution in [0.3, 0.4) is 0 Å². The molecule has 1 saturated carbocycles. The molecule has 1 aliphatic rings. The van der Waals surface area contributed by atoms with Crippen LogP contribution in [-0.4, -0.2) is 26.7 Å². The van der Waals surface area contributed by atoms with Crippen LogP contribution in [0.4, 0.5) is 0 Å². The molecule has 0 aromatic carbocycles. The summed E-state index contributed by atoms with van der Waals surface area (Å²) in [5, 5.41) is 6.82. The molecule has 2 N–H and O–H groups in total. The minimum Gasteiger partial charge on any atom is -0.319 e. The molecular formula is C10H22N2. The van der Waals surface area contributed by atoms with Gasteiger partial charge in [-0.25, -0.2) is 0 Å². The van der Waals surface area contributed by atoms with Crippen molar-refractivity contribution in [2.24, 2.45) is 5.41 Å². The summed E-state index contributed by atoms with van der Waals surface area (Å²) < 4.78 is 0. The minimum absolute atomic E-state index is 0.601. The van der Waals surface area contributed by atoms with Crippen LogP contribution in [0, 0.1) is 5.41 Å². The third kappa shape index (κ3) is 2.46. The van der Waals surface area contributed by atoms with E-state index in [1.807, 2.05) is 0 Å². The summed E-state index contributed by atoms with van der Waals surface area (Å²) in [5.74, 6) is 0. The molecule has 2 nitrogen and oxygen atoms in total. The van der Waals surface area contributed by atoms with Gasteiger partial charge in [-0.05, 0) is 38.3 Å². The third-order valence-electron chi connectivity index (χ3n) is 2.89. The molecule has 0 aromatic rings. The van der Waals surface area contributed by atoms with E-state index in [1.54, 1.807) is 0 Å². The Hall–Kier alpha value is -0.0800. The van der Waals surface area contributed by atoms with E-state index in [9.17, 15) is 0 Å². The quantitative estimate of drug-likeness (QED) is 0.588. The Labute approximate surface area is 76.1 Å². The Bertz CT molecular complexity index is 119. The van der Waals surface area contributed by atoms with E-state index in [0.29, 0.717) is 5.41 Å². The summed E-state index contributed by atoms with van der Waals surface area (Å²) in [4.78, 5) is 0. The van der Waals surface area contributed by atoms with Crippen LogP contribution in [0.1, 0.15) is 32.6 Å². The SMILES string of the molecule is CCCNCC1(CNC)CCC1. The second kappa shape index (κ2) is 4.83. The van der Waals surface area contributed by atoms with Gasteiger partial charge in [0.25, 0.3) is 0 Å². The molecule has 1 aliphatic carbocycles. The van der Waals surface area contributed by atoms with Crippen molar-refractivity contribution in [3.63, 3.8) is 0 Å². The van der Waals surface area contributed by atoms with Crippen molar-refractivity contribution in [2.45, 2.75) is 32.6 Å². The van der Waals surface area contributed by atoms with E-state index < -0.39 is 0 Å². The van der Waals surface area contributed by atoms with Crippen LogP contribution >= 0.6 is 0 Å². The lowest BCUT2D eigenvalue weighted by Gasteiger charge is -2.42. The fourth-order valence-electron chi connectivity index (χ4n) is 2.00. The normalized spacial score (nSPS) is 20.5. The molecular weight excluding hydrogens is 148 g/mol. The van der Waals surface area contributed by atoms with Gasteiger partial charge in [0, 0.05) is 13.1 Å². The summed E-state index contributed by atoms with van der Waals surface area (Å²) in [6.07, 6.45) is 5.49. The Morgan fingerprint density at radius 3 is 2.42 bits per heavy atom. The fraction of sp³-hybridized carbons (Fsp3) is 1.00. The maximum Gasteiger partial charge on any atom is 0.00200 e. The van der Waals surface area contributed by atoms with Crippen LogP contribution in [0.15, 0.2) is 0 Å². The van der Waals surface area contributed by atoms with Crippen molar-refractivity contribution in [1.29, 1.82) is 0 Å². The highest BCUT2D eigenvalue weighted by Gasteiger charge is 2.35. The molecule has 0 heterocycles. The maximum absolute atomic E-state index is 3.52. The lowest BCUT2D eigenvalue weighted by Crippen LogP contribution is -2.46. The van der Waals surface area contributed by atoms with Crippen LogP contribution in [-0.2, 0) is 0 Å². The van der Waals surface area contributed by atoms with Crippen molar-refractivity contribution in [3.05, 3.63) is 0 Å². The smallest absolute Gasteiger partial charge is 0.00200 e. The van der Waals surface area contributed by atoms with E-state index >= 15 is 0 Å². The number of rotatable bonds is 6. The van der Waals surface area contributed by atoms with Crippen LogP contribution < -0.4 is 10.6 Å². The number of nitrogens with one attached hydrogen (secondary N) is 2. The Morgan fingerprint density at radius 2 is 2.00 bits per heavy atom. The Balaban J connectivity index is 2.15. The second-order valence-electron chi connectivity index (χ2n) is 4.06. The molecule has 0 spiro atoms. The number of hydrogen-bond acceptors (Lipinski definition) is 2. The zero-order valence-corrected chi connectivity index (χ0v) is 8.45. The van der Waals surface area contributed by atoms with E-state index in [1.165, 1.54) is 45.3 Å². The van der Waals surface area contributed by atoms with E-state index in [0.717, 1.165) is 0 Å². The summed E-state index contributed by atoms with van der Waals surface area (Å²) in [7, 11) is 2.06. The monoisotopic (exact) mass is 170 g/mol. The molecule has 0 bridgehead atoms. The zero-order chi connectivity index (χ0) is 8.86. The predicted octanol–water partition coefficient (Wildman–Crippen LogP) is 1.38. The molecule has 0 unspecified atom stereocenters. The van der Waals surface area contributed by atoms with Gasteiger partial charge < -0.3 is 10.6 Å². The van der Waals surface area contributed by atoms with Crippen molar-refractivity contribution in [1.82, 2.24) is 10.6 Å². The molecule has 72 valence electrons. The van der Waals surface area contributed by atoms with Crippen molar-refractivity contribution >= 4 is 0 Å². The van der Waals surface area contributed by atoms with Gasteiger partial charge in [-0.3, -0.25) is 0 Å². The van der Waals surface area contributed by atoms with Crippen LogP contribution in [0.2, 0.25) is 0 Å². The minimum atomic E-state index is 0.601. The van der Waals surface area contributed by atoms with Crippen molar-refractivity contribution < 1.29 is 0 Å². The van der Waals surface area contributed by atoms with Gasteiger partial charge >= 0.3 is 0 Å². The molecule has 2 heteroatoms. The second-order valence-corrected chi connectivity index (χ2v) is 4.06. The van der Waals surface area contributed by atoms with Gasteiger partial charge in [-0.1, -0.05) is 13.3 Å². The number of hydrogen-bond donors (Lipinski definition) is 2. The molecule has 1 rings (SSSR count). The van der Waals surface area contributed by atoms with Gasteiger partial charge in [-0.15, -0.1) is 0 Å². The molecule has 1 fully saturated rings. The standard InChI is InChI=1S/C10H22N2/c1-3-7-12-9-10(8-11-2)5-4-6-10/h11-12H,3-9H2,1-2H3. The summed E-state index contributed by atoms with van der Waals surface area (Å²) in [6, 6.07) is 0. The first kappa shape index (κ1) is 10.0. The molecule has 0 aromatic heterocycles. The van der Waals surface area contributed by atoms with Gasteiger partial charge in [0.2, 0.25) is 0 Å². The predicted molar refractivity (Wildman–Crippen MR) is 53.4 cm³/mol. The van der Waals surface area contributed by atoms with Crippen molar-refractivity contribution in [3.8, 4) is 0 Å². The zero-order valence-electron chi connectivity index (χ0n) is 8.45. The largest absolute Gasteiger partial charge is 0.319 e. The Kier molecular flexibility index (Phi) is 4.02. The van der Waals surface area contributed by atoms with Gasteiger partial charge in [0.15, 0.2) is 0 Å². The molecule has 0 radical (unpaired) electrons. The molecule has 0 amide bonds. The average Bonchev–Trinajstić information content (AvgIpc) is 2.00. The van der Waals surface area contributed by atoms with E-state index in [4.69, 9.17) is 0 Å². The Morgan fingerprint density at radius 1 is 1.25 bits per heavy atom. The van der Waals surface area contributed by atoms with Gasteiger partial charge in [0.1, 0.15) is 0 Å². The molecule has 0 aliphatic heterocycles. The molecule has 0 atom stereocenters.